The summed E-state index contributed by atoms with van der Waals surface area (Å²) < 4.78 is 1.60. The molecule has 2 aromatic heterocycles. The highest BCUT2D eigenvalue weighted by Crippen LogP contribution is 2.28. The molecule has 0 aliphatic carbocycles. The van der Waals surface area contributed by atoms with Crippen molar-refractivity contribution in [3.63, 3.8) is 0 Å². The number of hydrogen-bond donors (Lipinski definition) is 1. The molecule has 1 saturated heterocycles. The van der Waals surface area contributed by atoms with Crippen molar-refractivity contribution in [2.45, 2.75) is 39.7 Å². The molecule has 0 spiro atoms. The van der Waals surface area contributed by atoms with Crippen LogP contribution in [0.25, 0.3) is 10.9 Å². The molecule has 1 N–H and O–H groups in total. The van der Waals surface area contributed by atoms with Gasteiger partial charge < -0.3 is 20.3 Å². The van der Waals surface area contributed by atoms with Crippen LogP contribution in [-0.4, -0.2) is 38.7 Å². The van der Waals surface area contributed by atoms with E-state index in [1.54, 1.807) is 6.92 Å². The largest absolute Gasteiger partial charge is 0.404 e. The van der Waals surface area contributed by atoms with E-state index in [1.165, 1.54) is 23.9 Å². The van der Waals surface area contributed by atoms with Crippen molar-refractivity contribution in [3.05, 3.63) is 50.1 Å². The summed E-state index contributed by atoms with van der Waals surface area (Å²) in [6.45, 7) is 5.66. The Morgan fingerprint density at radius 3 is 2.65 bits per heavy atom. The Morgan fingerprint density at radius 2 is 1.97 bits per heavy atom. The molecule has 4 rings (SSSR count). The van der Waals surface area contributed by atoms with Gasteiger partial charge in [-0.3, -0.25) is 4.79 Å². The Hall–Kier alpha value is -3.01. The van der Waals surface area contributed by atoms with E-state index in [4.69, 9.17) is 4.98 Å². The summed E-state index contributed by atoms with van der Waals surface area (Å²) in [7, 11) is 0. The molecule has 3 heterocycles. The SMILES string of the molecule is Cc1cc(N2CCCCC2)nc2ccc(NC(=O)Cn3nc([N+](=O)[O-])c(Br)c3C)cc12. The number of aromatic nitrogens is 3. The first kappa shape index (κ1) is 21.2. The molecule has 1 aliphatic rings. The van der Waals surface area contributed by atoms with Crippen LogP contribution in [0.15, 0.2) is 28.7 Å². The number of halogens is 1. The number of benzene rings is 1. The standard InChI is InChI=1S/C21H23BrN6O3/c1-13-10-18(26-8-4-3-5-9-26)24-17-7-6-15(11-16(13)17)23-19(29)12-27-14(2)20(22)21(25-27)28(30)31/h6-7,10-11H,3-5,8-9,12H2,1-2H3,(H,23,29). The molecular weight excluding hydrogens is 464 g/mol. The van der Waals surface area contributed by atoms with Gasteiger partial charge in [0.25, 0.3) is 0 Å². The van der Waals surface area contributed by atoms with E-state index in [9.17, 15) is 14.9 Å². The molecule has 1 aromatic carbocycles. The van der Waals surface area contributed by atoms with Crippen LogP contribution < -0.4 is 10.2 Å². The third-order valence-corrected chi connectivity index (χ3v) is 6.48. The van der Waals surface area contributed by atoms with E-state index in [2.05, 4.69) is 37.3 Å². The van der Waals surface area contributed by atoms with Gasteiger partial charge >= 0.3 is 5.82 Å². The third kappa shape index (κ3) is 4.39. The number of nitro groups is 1. The fourth-order valence-corrected chi connectivity index (χ4v) is 4.28. The molecule has 0 unspecified atom stereocenters. The second kappa shape index (κ2) is 8.62. The zero-order chi connectivity index (χ0) is 22.1. The third-order valence-electron chi connectivity index (χ3n) is 5.55. The van der Waals surface area contributed by atoms with Crippen LogP contribution >= 0.6 is 15.9 Å². The number of carbonyl (C=O) groups is 1. The van der Waals surface area contributed by atoms with Crippen LogP contribution in [0, 0.1) is 24.0 Å². The molecule has 9 nitrogen and oxygen atoms in total. The highest BCUT2D eigenvalue weighted by Gasteiger charge is 2.24. The summed E-state index contributed by atoms with van der Waals surface area (Å²) in [4.78, 5) is 30.1. The number of rotatable bonds is 5. The normalized spacial score (nSPS) is 14.1. The number of carbonyl (C=O) groups excluding carboxylic acids is 1. The molecule has 0 saturated carbocycles. The van der Waals surface area contributed by atoms with Crippen LogP contribution in [-0.2, 0) is 11.3 Å². The molecule has 1 aliphatic heterocycles. The van der Waals surface area contributed by atoms with Gasteiger partial charge in [-0.15, -0.1) is 0 Å². The van der Waals surface area contributed by atoms with Gasteiger partial charge in [0.2, 0.25) is 5.91 Å². The summed E-state index contributed by atoms with van der Waals surface area (Å²) in [6, 6.07) is 7.74. The van der Waals surface area contributed by atoms with Crippen molar-refractivity contribution in [3.8, 4) is 0 Å². The number of nitrogens with zero attached hydrogens (tertiary/aromatic N) is 5. The first-order valence-electron chi connectivity index (χ1n) is 10.2. The molecule has 0 atom stereocenters. The molecule has 1 amide bonds. The minimum Gasteiger partial charge on any atom is -0.358 e. The Bertz CT molecular complexity index is 1170. The first-order chi connectivity index (χ1) is 14.8. The molecule has 0 radical (unpaired) electrons. The van der Waals surface area contributed by atoms with E-state index in [1.807, 2.05) is 25.1 Å². The van der Waals surface area contributed by atoms with Gasteiger partial charge in [-0.2, -0.15) is 4.68 Å². The average Bonchev–Trinajstić information content (AvgIpc) is 3.03. The van der Waals surface area contributed by atoms with Crippen molar-refractivity contribution in [2.24, 2.45) is 0 Å². The van der Waals surface area contributed by atoms with Crippen LogP contribution in [0.1, 0.15) is 30.5 Å². The smallest absolute Gasteiger partial charge is 0.358 e. The van der Waals surface area contributed by atoms with Gasteiger partial charge in [-0.05, 0) is 83.8 Å². The highest BCUT2D eigenvalue weighted by atomic mass is 79.9. The van der Waals surface area contributed by atoms with Crippen molar-refractivity contribution in [2.75, 3.05) is 23.3 Å². The Balaban J connectivity index is 1.52. The number of anilines is 2. The van der Waals surface area contributed by atoms with E-state index in [-0.39, 0.29) is 22.7 Å². The first-order valence-corrected chi connectivity index (χ1v) is 11.0. The molecule has 10 heteroatoms. The number of nitrogens with one attached hydrogen (secondary N) is 1. The number of pyridine rings is 1. The van der Waals surface area contributed by atoms with Crippen molar-refractivity contribution < 1.29 is 9.72 Å². The predicted octanol–water partition coefficient (Wildman–Crippen LogP) is 4.35. The van der Waals surface area contributed by atoms with Crippen molar-refractivity contribution in [1.29, 1.82) is 0 Å². The molecule has 162 valence electrons. The Kier molecular flexibility index (Phi) is 5.90. The van der Waals surface area contributed by atoms with Crippen LogP contribution in [0.2, 0.25) is 0 Å². The maximum Gasteiger partial charge on any atom is 0.404 e. The van der Waals surface area contributed by atoms with E-state index >= 15 is 0 Å². The molecule has 0 bridgehead atoms. The topological polar surface area (TPSA) is 106 Å². The van der Waals surface area contributed by atoms with E-state index in [0.717, 1.165) is 35.4 Å². The minimum absolute atomic E-state index is 0.124. The highest BCUT2D eigenvalue weighted by molar-refractivity contribution is 9.10. The van der Waals surface area contributed by atoms with Gasteiger partial charge in [0, 0.05) is 24.2 Å². The number of piperidine rings is 1. The van der Waals surface area contributed by atoms with E-state index in [0.29, 0.717) is 11.4 Å². The van der Waals surface area contributed by atoms with Crippen LogP contribution in [0.4, 0.5) is 17.3 Å². The quantitative estimate of drug-likeness (QED) is 0.424. The maximum atomic E-state index is 12.5. The van der Waals surface area contributed by atoms with Gasteiger partial charge in [0.05, 0.1) is 16.3 Å². The van der Waals surface area contributed by atoms with E-state index < -0.39 is 4.92 Å². The summed E-state index contributed by atoms with van der Waals surface area (Å²) in [5, 5.41) is 18.8. The fraction of sp³-hybridized carbons (Fsp3) is 0.381. The van der Waals surface area contributed by atoms with Gasteiger partial charge in [-0.25, -0.2) is 4.98 Å². The van der Waals surface area contributed by atoms with Gasteiger partial charge in [-0.1, -0.05) is 0 Å². The Morgan fingerprint density at radius 1 is 1.23 bits per heavy atom. The predicted molar refractivity (Wildman–Crippen MR) is 122 cm³/mol. The van der Waals surface area contributed by atoms with Crippen molar-refractivity contribution in [1.82, 2.24) is 14.8 Å². The summed E-state index contributed by atoms with van der Waals surface area (Å²) in [5.74, 6) is 0.382. The number of aryl methyl sites for hydroxylation is 1. The fourth-order valence-electron chi connectivity index (χ4n) is 3.85. The minimum atomic E-state index is -0.581. The van der Waals surface area contributed by atoms with Crippen LogP contribution in [0.3, 0.4) is 0 Å². The lowest BCUT2D eigenvalue weighted by molar-refractivity contribution is -0.390. The lowest BCUT2D eigenvalue weighted by atomic mass is 10.1. The average molecular weight is 487 g/mol. The monoisotopic (exact) mass is 486 g/mol. The summed E-state index contributed by atoms with van der Waals surface area (Å²) in [5.41, 5.74) is 3.15. The van der Waals surface area contributed by atoms with Crippen molar-refractivity contribution >= 4 is 50.1 Å². The van der Waals surface area contributed by atoms with Crippen LogP contribution in [0.5, 0.6) is 0 Å². The molecular formula is C21H23BrN6O3. The summed E-state index contributed by atoms with van der Waals surface area (Å²) >= 11 is 3.16. The summed E-state index contributed by atoms with van der Waals surface area (Å²) in [6.07, 6.45) is 3.66. The number of amides is 1. The lowest BCUT2D eigenvalue weighted by Crippen LogP contribution is -2.30. The lowest BCUT2D eigenvalue weighted by Gasteiger charge is -2.28. The molecule has 31 heavy (non-hydrogen) atoms. The number of fused-ring (bicyclic) bond motifs is 1. The zero-order valence-corrected chi connectivity index (χ0v) is 19.0. The zero-order valence-electron chi connectivity index (χ0n) is 17.4. The molecule has 1 fully saturated rings. The molecule has 3 aromatic rings. The number of hydrogen-bond acceptors (Lipinski definition) is 6. The second-order valence-electron chi connectivity index (χ2n) is 7.76. The van der Waals surface area contributed by atoms with Gasteiger partial charge in [0.1, 0.15) is 16.8 Å². The second-order valence-corrected chi connectivity index (χ2v) is 8.56. The Labute approximate surface area is 187 Å². The maximum absolute atomic E-state index is 12.5. The van der Waals surface area contributed by atoms with Gasteiger partial charge in [0.15, 0.2) is 0 Å².